The normalized spacial score (nSPS) is 12.1. The second-order valence-corrected chi connectivity index (χ2v) is 5.25. The van der Waals surface area contributed by atoms with Gasteiger partial charge >= 0.3 is 6.09 Å². The van der Waals surface area contributed by atoms with Crippen molar-refractivity contribution in [3.05, 3.63) is 35.4 Å². The number of amides is 2. The van der Waals surface area contributed by atoms with E-state index in [0.29, 0.717) is 5.92 Å². The number of imide groups is 1. The Balaban J connectivity index is 2.47. The van der Waals surface area contributed by atoms with Gasteiger partial charge in [-0.15, -0.1) is 0 Å². The number of carbonyl (C=O) groups excluding carboxylic acids is 2. The molecule has 0 aromatic heterocycles. The molecule has 5 heteroatoms. The monoisotopic (exact) mass is 279 g/mol. The van der Waals surface area contributed by atoms with Gasteiger partial charge in [0.05, 0.1) is 14.2 Å². The number of rotatable bonds is 5. The van der Waals surface area contributed by atoms with Crippen LogP contribution in [0.2, 0.25) is 0 Å². The second kappa shape index (κ2) is 7.65. The summed E-state index contributed by atoms with van der Waals surface area (Å²) in [5, 5.41) is 2.15. The molecule has 0 bridgehead atoms. The minimum absolute atomic E-state index is 0.223. The van der Waals surface area contributed by atoms with Gasteiger partial charge in [0, 0.05) is 5.56 Å². The van der Waals surface area contributed by atoms with Crippen LogP contribution in [0.3, 0.4) is 0 Å². The van der Waals surface area contributed by atoms with E-state index in [-0.39, 0.29) is 12.5 Å². The highest BCUT2D eigenvalue weighted by molar-refractivity contribution is 5.92. The summed E-state index contributed by atoms with van der Waals surface area (Å²) in [5.41, 5.74) is 2.47. The molecule has 5 nitrogen and oxygen atoms in total. The number of quaternary nitrogens is 1. The summed E-state index contributed by atoms with van der Waals surface area (Å²) >= 11 is 0. The summed E-state index contributed by atoms with van der Waals surface area (Å²) in [6, 6.07) is 8.39. The van der Waals surface area contributed by atoms with E-state index in [1.165, 1.54) is 12.7 Å². The summed E-state index contributed by atoms with van der Waals surface area (Å²) in [6.45, 7) is 5.26. The molecule has 1 aromatic carbocycles. The smallest absolute Gasteiger partial charge is 0.413 e. The number of carbonyl (C=O) groups is 2. The molecule has 2 N–H and O–H groups in total. The van der Waals surface area contributed by atoms with Crippen LogP contribution in [0.15, 0.2) is 24.3 Å². The quantitative estimate of drug-likeness (QED) is 0.834. The van der Waals surface area contributed by atoms with Crippen LogP contribution < -0.4 is 10.2 Å². The maximum atomic E-state index is 11.5. The molecule has 0 saturated carbocycles. The molecule has 0 fully saturated rings. The fourth-order valence-corrected chi connectivity index (χ4v) is 1.91. The Hall–Kier alpha value is -1.88. The fourth-order valence-electron chi connectivity index (χ4n) is 1.91. The summed E-state index contributed by atoms with van der Waals surface area (Å²) in [7, 11) is 3.14. The van der Waals surface area contributed by atoms with Gasteiger partial charge in [0.1, 0.15) is 6.54 Å². The van der Waals surface area contributed by atoms with Gasteiger partial charge in [-0.05, 0) is 11.5 Å². The second-order valence-electron chi connectivity index (χ2n) is 5.25. The van der Waals surface area contributed by atoms with E-state index < -0.39 is 6.09 Å². The van der Waals surface area contributed by atoms with Gasteiger partial charge < -0.3 is 9.64 Å². The fraction of sp³-hybridized carbons (Fsp3) is 0.467. The maximum Gasteiger partial charge on any atom is 0.413 e. The molecule has 110 valence electrons. The first-order chi connectivity index (χ1) is 9.42. The van der Waals surface area contributed by atoms with Gasteiger partial charge in [0.25, 0.3) is 5.91 Å². The van der Waals surface area contributed by atoms with Crippen molar-refractivity contribution in [1.82, 2.24) is 5.32 Å². The van der Waals surface area contributed by atoms with Gasteiger partial charge in [0.15, 0.2) is 6.54 Å². The zero-order valence-electron chi connectivity index (χ0n) is 12.5. The minimum Gasteiger partial charge on any atom is -0.453 e. The molecule has 0 heterocycles. The lowest BCUT2D eigenvalue weighted by atomic mass is 10.0. The van der Waals surface area contributed by atoms with Crippen LogP contribution in [0, 0.1) is 0 Å². The first kappa shape index (κ1) is 16.2. The molecule has 0 aliphatic carbocycles. The number of ether oxygens (including phenoxy) is 1. The van der Waals surface area contributed by atoms with Crippen molar-refractivity contribution in [1.29, 1.82) is 0 Å². The van der Waals surface area contributed by atoms with Crippen molar-refractivity contribution >= 4 is 12.0 Å². The van der Waals surface area contributed by atoms with Crippen LogP contribution in [0.4, 0.5) is 4.79 Å². The highest BCUT2D eigenvalue weighted by Crippen LogP contribution is 2.14. The van der Waals surface area contributed by atoms with E-state index in [2.05, 4.69) is 48.2 Å². The standard InChI is InChI=1S/C15H22N2O3/c1-11(2)13-7-5-12(6-8-13)9-17(3)10-14(18)16-15(19)20-4/h5-8,11H,9-10H2,1-4H3,(H,16,18,19)/p+1. The maximum absolute atomic E-state index is 11.5. The minimum atomic E-state index is -0.718. The molecule has 1 rings (SSSR count). The van der Waals surface area contributed by atoms with E-state index in [1.54, 1.807) is 0 Å². The van der Waals surface area contributed by atoms with Crippen molar-refractivity contribution < 1.29 is 19.2 Å². The predicted octanol–water partition coefficient (Wildman–Crippen LogP) is 0.707. The van der Waals surface area contributed by atoms with Crippen LogP contribution >= 0.6 is 0 Å². The Morgan fingerprint density at radius 1 is 1.25 bits per heavy atom. The van der Waals surface area contributed by atoms with Crippen molar-refractivity contribution in [2.45, 2.75) is 26.3 Å². The van der Waals surface area contributed by atoms with Crippen LogP contribution in [0.25, 0.3) is 0 Å². The average molecular weight is 279 g/mol. The van der Waals surface area contributed by atoms with Gasteiger partial charge in [-0.1, -0.05) is 38.1 Å². The molecule has 1 unspecified atom stereocenters. The van der Waals surface area contributed by atoms with E-state index in [9.17, 15) is 9.59 Å². The highest BCUT2D eigenvalue weighted by atomic mass is 16.5. The number of hydrogen-bond acceptors (Lipinski definition) is 3. The van der Waals surface area contributed by atoms with Crippen LogP contribution in [-0.4, -0.2) is 32.7 Å². The SMILES string of the molecule is COC(=O)NC(=O)C[NH+](C)Cc1ccc(C(C)C)cc1. The lowest BCUT2D eigenvalue weighted by molar-refractivity contribution is -0.885. The Kier molecular flexibility index (Phi) is 6.18. The number of nitrogens with one attached hydrogen (secondary N) is 2. The summed E-state index contributed by atoms with van der Waals surface area (Å²) in [4.78, 5) is 23.4. The topological polar surface area (TPSA) is 59.8 Å². The van der Waals surface area contributed by atoms with E-state index >= 15 is 0 Å². The zero-order valence-corrected chi connectivity index (χ0v) is 12.5. The Labute approximate surface area is 119 Å². The first-order valence-electron chi connectivity index (χ1n) is 6.70. The third-order valence-corrected chi connectivity index (χ3v) is 3.04. The van der Waals surface area contributed by atoms with Crippen molar-refractivity contribution in [3.63, 3.8) is 0 Å². The molecular weight excluding hydrogens is 256 g/mol. The summed E-state index contributed by atoms with van der Waals surface area (Å²) in [6.07, 6.45) is -0.718. The lowest BCUT2D eigenvalue weighted by Crippen LogP contribution is -3.08. The van der Waals surface area contributed by atoms with Crippen LogP contribution in [0.5, 0.6) is 0 Å². The third-order valence-electron chi connectivity index (χ3n) is 3.04. The Morgan fingerprint density at radius 2 is 1.85 bits per heavy atom. The highest BCUT2D eigenvalue weighted by Gasteiger charge is 2.13. The molecule has 0 saturated heterocycles. The average Bonchev–Trinajstić information content (AvgIpc) is 2.38. The van der Waals surface area contributed by atoms with E-state index in [1.807, 2.05) is 7.05 Å². The molecule has 0 radical (unpaired) electrons. The Morgan fingerprint density at radius 3 is 2.35 bits per heavy atom. The molecule has 20 heavy (non-hydrogen) atoms. The number of alkyl carbamates (subject to hydrolysis) is 1. The largest absolute Gasteiger partial charge is 0.453 e. The van der Waals surface area contributed by atoms with Crippen LogP contribution in [-0.2, 0) is 16.1 Å². The zero-order chi connectivity index (χ0) is 15.1. The molecule has 1 atom stereocenters. The molecule has 0 aliphatic rings. The molecule has 2 amide bonds. The van der Waals surface area contributed by atoms with Gasteiger partial charge in [-0.2, -0.15) is 0 Å². The van der Waals surface area contributed by atoms with Crippen LogP contribution in [0.1, 0.15) is 30.9 Å². The molecule has 1 aromatic rings. The number of likely N-dealkylation sites (N-methyl/N-ethyl adjacent to an activating group) is 1. The Bertz CT molecular complexity index is 455. The molecule has 0 spiro atoms. The van der Waals surface area contributed by atoms with E-state index in [4.69, 9.17) is 0 Å². The van der Waals surface area contributed by atoms with E-state index in [0.717, 1.165) is 17.0 Å². The van der Waals surface area contributed by atoms with Crippen molar-refractivity contribution in [3.8, 4) is 0 Å². The molecular formula is C15H23N2O3+. The molecule has 0 aliphatic heterocycles. The summed E-state index contributed by atoms with van der Waals surface area (Å²) < 4.78 is 4.38. The van der Waals surface area contributed by atoms with Gasteiger partial charge in [0.2, 0.25) is 0 Å². The first-order valence-corrected chi connectivity index (χ1v) is 6.70. The lowest BCUT2D eigenvalue weighted by Gasteiger charge is -2.14. The van der Waals surface area contributed by atoms with Crippen molar-refractivity contribution in [2.24, 2.45) is 0 Å². The predicted molar refractivity (Wildman–Crippen MR) is 76.5 cm³/mol. The number of benzene rings is 1. The number of hydrogen-bond donors (Lipinski definition) is 2. The number of methoxy groups -OCH3 is 1. The summed E-state index contributed by atoms with van der Waals surface area (Å²) in [5.74, 6) is 0.174. The van der Waals surface area contributed by atoms with Gasteiger partial charge in [-0.25, -0.2) is 4.79 Å². The third kappa shape index (κ3) is 5.40. The van der Waals surface area contributed by atoms with Crippen molar-refractivity contribution in [2.75, 3.05) is 20.7 Å². The van der Waals surface area contributed by atoms with Gasteiger partial charge in [-0.3, -0.25) is 10.1 Å².